The predicted octanol–water partition coefficient (Wildman–Crippen LogP) is 5.80. The van der Waals surface area contributed by atoms with Gasteiger partial charge in [0.25, 0.3) is 0 Å². The molecule has 0 N–H and O–H groups in total. The summed E-state index contributed by atoms with van der Waals surface area (Å²) < 4.78 is 0. The zero-order valence-electron chi connectivity index (χ0n) is 14.3. The zero-order valence-corrected chi connectivity index (χ0v) is 14.3. The topological polar surface area (TPSA) is 0 Å². The van der Waals surface area contributed by atoms with Crippen molar-refractivity contribution in [1.29, 1.82) is 0 Å². The summed E-state index contributed by atoms with van der Waals surface area (Å²) in [5, 5.41) is 0. The molecule has 116 valence electrons. The van der Waals surface area contributed by atoms with E-state index in [-0.39, 0.29) is 0 Å². The van der Waals surface area contributed by atoms with Crippen LogP contribution in [0.4, 0.5) is 0 Å². The fraction of sp³-hybridized carbons (Fsp3) is 0.273. The van der Waals surface area contributed by atoms with Gasteiger partial charge < -0.3 is 0 Å². The van der Waals surface area contributed by atoms with Gasteiger partial charge in [0.2, 0.25) is 6.71 Å². The second-order valence-corrected chi connectivity index (χ2v) is 6.52. The van der Waals surface area contributed by atoms with Crippen LogP contribution < -0.4 is 0 Å². The standard InChI is InChI=1S/C22H25B/c1-4-21(5-2)23(17(3)18-11-7-6-8-12-18)22-15-19-13-9-10-14-20(19)16-22/h4,6-14,22H,3,5,15-16H2,1-2H3/b21-4-. The lowest BCUT2D eigenvalue weighted by Crippen LogP contribution is -2.26. The van der Waals surface area contributed by atoms with Crippen molar-refractivity contribution in [2.75, 3.05) is 0 Å². The Bertz CT molecular complexity index is 687. The van der Waals surface area contributed by atoms with Crippen molar-refractivity contribution in [1.82, 2.24) is 0 Å². The van der Waals surface area contributed by atoms with Crippen molar-refractivity contribution in [3.05, 3.63) is 89.4 Å². The Morgan fingerprint density at radius 3 is 2.13 bits per heavy atom. The molecule has 0 aromatic heterocycles. The Balaban J connectivity index is 1.93. The van der Waals surface area contributed by atoms with Gasteiger partial charge in [0.05, 0.1) is 0 Å². The van der Waals surface area contributed by atoms with Crippen LogP contribution in [0.25, 0.3) is 5.47 Å². The molecule has 0 nitrogen and oxygen atoms in total. The first-order valence-electron chi connectivity index (χ1n) is 8.70. The molecule has 0 bridgehead atoms. The summed E-state index contributed by atoms with van der Waals surface area (Å²) in [4.78, 5) is 0. The minimum atomic E-state index is 0.444. The molecule has 0 spiro atoms. The number of benzene rings is 2. The van der Waals surface area contributed by atoms with Crippen LogP contribution in [0.15, 0.2) is 72.7 Å². The van der Waals surface area contributed by atoms with E-state index < -0.39 is 0 Å². The highest BCUT2D eigenvalue weighted by atomic mass is 14.2. The van der Waals surface area contributed by atoms with Crippen molar-refractivity contribution in [3.63, 3.8) is 0 Å². The Morgan fingerprint density at radius 1 is 1.04 bits per heavy atom. The van der Waals surface area contributed by atoms with Gasteiger partial charge in [-0.3, -0.25) is 0 Å². The molecule has 0 radical (unpaired) electrons. The SMILES string of the molecule is C=C(B(/C(=C\C)CC)C1Cc2ccccc2C1)c1ccccc1. The third kappa shape index (κ3) is 3.19. The number of hydrogen-bond donors (Lipinski definition) is 0. The van der Waals surface area contributed by atoms with Gasteiger partial charge in [-0.2, -0.15) is 0 Å². The van der Waals surface area contributed by atoms with E-state index in [1.54, 1.807) is 0 Å². The molecule has 0 unspecified atom stereocenters. The maximum atomic E-state index is 4.51. The van der Waals surface area contributed by atoms with Gasteiger partial charge in [-0.1, -0.05) is 78.5 Å². The van der Waals surface area contributed by atoms with Gasteiger partial charge in [-0.25, -0.2) is 0 Å². The zero-order chi connectivity index (χ0) is 16.2. The summed E-state index contributed by atoms with van der Waals surface area (Å²) in [6, 6.07) is 19.6. The van der Waals surface area contributed by atoms with Crippen molar-refractivity contribution in [2.24, 2.45) is 0 Å². The van der Waals surface area contributed by atoms with Crippen molar-refractivity contribution < 1.29 is 0 Å². The molecule has 0 saturated heterocycles. The molecule has 1 heteroatoms. The molecule has 23 heavy (non-hydrogen) atoms. The molecular weight excluding hydrogens is 275 g/mol. The molecule has 3 rings (SSSR count). The third-order valence-electron chi connectivity index (χ3n) is 5.25. The smallest absolute Gasteiger partial charge is 0.104 e. The van der Waals surface area contributed by atoms with E-state index >= 15 is 0 Å². The number of allylic oxidation sites excluding steroid dienone is 2. The fourth-order valence-electron chi connectivity index (χ4n) is 4.08. The van der Waals surface area contributed by atoms with E-state index in [0.29, 0.717) is 12.5 Å². The highest BCUT2D eigenvalue weighted by molar-refractivity contribution is 6.86. The van der Waals surface area contributed by atoms with Gasteiger partial charge in [0.1, 0.15) is 0 Å². The normalized spacial score (nSPS) is 14.6. The average Bonchev–Trinajstić information content (AvgIpc) is 3.03. The van der Waals surface area contributed by atoms with E-state index in [4.69, 9.17) is 0 Å². The van der Waals surface area contributed by atoms with E-state index in [2.05, 4.69) is 81.1 Å². The Kier molecular flexibility index (Phi) is 4.86. The van der Waals surface area contributed by atoms with Crippen LogP contribution in [0.1, 0.15) is 37.0 Å². The first-order valence-corrected chi connectivity index (χ1v) is 8.70. The van der Waals surface area contributed by atoms with Crippen LogP contribution in [0, 0.1) is 0 Å². The van der Waals surface area contributed by atoms with Crippen molar-refractivity contribution >= 4 is 12.2 Å². The molecule has 0 saturated carbocycles. The number of rotatable bonds is 5. The summed E-state index contributed by atoms with van der Waals surface area (Å²) in [7, 11) is 0. The van der Waals surface area contributed by atoms with E-state index in [0.717, 1.165) is 6.42 Å². The first-order chi connectivity index (χ1) is 11.2. The van der Waals surface area contributed by atoms with Crippen LogP contribution in [0.3, 0.4) is 0 Å². The van der Waals surface area contributed by atoms with Crippen molar-refractivity contribution in [3.8, 4) is 0 Å². The lowest BCUT2D eigenvalue weighted by molar-refractivity contribution is 0.881. The summed E-state index contributed by atoms with van der Waals surface area (Å²) >= 11 is 0. The predicted molar refractivity (Wildman–Crippen MR) is 103 cm³/mol. The van der Waals surface area contributed by atoms with Crippen LogP contribution in [-0.2, 0) is 12.8 Å². The summed E-state index contributed by atoms with van der Waals surface area (Å²) in [5.41, 5.74) is 7.13. The maximum absolute atomic E-state index is 4.51. The van der Waals surface area contributed by atoms with Gasteiger partial charge in [0, 0.05) is 0 Å². The van der Waals surface area contributed by atoms with Crippen LogP contribution >= 0.6 is 0 Å². The van der Waals surface area contributed by atoms with Crippen LogP contribution in [0.2, 0.25) is 5.82 Å². The minimum Gasteiger partial charge on any atom is -0.104 e. The third-order valence-corrected chi connectivity index (χ3v) is 5.25. The molecule has 1 aliphatic carbocycles. The van der Waals surface area contributed by atoms with Gasteiger partial charge in [0.15, 0.2) is 0 Å². The molecule has 0 heterocycles. The van der Waals surface area contributed by atoms with Gasteiger partial charge >= 0.3 is 0 Å². The Hall–Kier alpha value is -2.02. The molecule has 0 fully saturated rings. The number of hydrogen-bond acceptors (Lipinski definition) is 0. The summed E-state index contributed by atoms with van der Waals surface area (Å²) in [6.45, 7) is 9.39. The van der Waals surface area contributed by atoms with E-state index in [1.165, 1.54) is 40.5 Å². The molecular formula is C22H25B. The molecule has 0 aliphatic heterocycles. The molecule has 2 aromatic rings. The molecule has 0 amide bonds. The molecule has 2 aromatic carbocycles. The van der Waals surface area contributed by atoms with Crippen LogP contribution in [0.5, 0.6) is 0 Å². The average molecular weight is 300 g/mol. The second kappa shape index (κ2) is 7.04. The largest absolute Gasteiger partial charge is 0.207 e. The molecule has 0 atom stereocenters. The second-order valence-electron chi connectivity index (χ2n) is 6.52. The van der Waals surface area contributed by atoms with Crippen LogP contribution in [-0.4, -0.2) is 6.71 Å². The maximum Gasteiger partial charge on any atom is 0.207 e. The lowest BCUT2D eigenvalue weighted by Gasteiger charge is -2.25. The highest BCUT2D eigenvalue weighted by Gasteiger charge is 2.35. The summed E-state index contributed by atoms with van der Waals surface area (Å²) in [6.07, 6.45) is 5.75. The number of fused-ring (bicyclic) bond motifs is 1. The van der Waals surface area contributed by atoms with E-state index in [1.807, 2.05) is 0 Å². The first kappa shape index (κ1) is 15.9. The minimum absolute atomic E-state index is 0.444. The monoisotopic (exact) mass is 300 g/mol. The molecule has 1 aliphatic rings. The summed E-state index contributed by atoms with van der Waals surface area (Å²) in [5.74, 6) is 0.631. The highest BCUT2D eigenvalue weighted by Crippen LogP contribution is 2.39. The Labute approximate surface area is 141 Å². The van der Waals surface area contributed by atoms with Crippen molar-refractivity contribution in [2.45, 2.75) is 38.9 Å². The van der Waals surface area contributed by atoms with Gasteiger partial charge in [-0.15, -0.1) is 6.58 Å². The van der Waals surface area contributed by atoms with Gasteiger partial charge in [-0.05, 0) is 48.7 Å². The fourth-order valence-corrected chi connectivity index (χ4v) is 4.08. The Morgan fingerprint density at radius 2 is 1.61 bits per heavy atom. The quantitative estimate of drug-likeness (QED) is 0.612. The van der Waals surface area contributed by atoms with E-state index in [9.17, 15) is 0 Å². The lowest BCUT2D eigenvalue weighted by atomic mass is 9.31.